The molecular weight excluding hydrogens is 252 g/mol. The molecule has 2 atom stereocenters. The van der Waals surface area contributed by atoms with Crippen LogP contribution in [0.4, 0.5) is 0 Å². The lowest BCUT2D eigenvalue weighted by atomic mass is 10.0. The predicted octanol–water partition coefficient (Wildman–Crippen LogP) is 2.75. The summed E-state index contributed by atoms with van der Waals surface area (Å²) in [5.74, 6) is 0.869. The number of rotatable bonds is 3. The second-order valence-corrected chi connectivity index (χ2v) is 5.42. The number of nitrogens with one attached hydrogen (secondary N) is 2. The third-order valence-electron chi connectivity index (χ3n) is 3.86. The Bertz CT molecular complexity index is 566. The maximum atomic E-state index is 12.2. The maximum Gasteiger partial charge on any atom is 0.237 e. The Kier molecular flexibility index (Phi) is 3.74. The fourth-order valence-corrected chi connectivity index (χ4v) is 2.68. The van der Waals surface area contributed by atoms with Crippen LogP contribution in [0, 0.1) is 0 Å². The van der Waals surface area contributed by atoms with Crippen molar-refractivity contribution in [1.29, 1.82) is 0 Å². The molecule has 1 amide bonds. The van der Waals surface area contributed by atoms with Crippen LogP contribution >= 0.6 is 0 Å². The van der Waals surface area contributed by atoms with Gasteiger partial charge in [0.2, 0.25) is 5.91 Å². The number of furan rings is 1. The first kappa shape index (κ1) is 13.2. The van der Waals surface area contributed by atoms with Crippen molar-refractivity contribution in [2.45, 2.75) is 38.3 Å². The van der Waals surface area contributed by atoms with Crippen molar-refractivity contribution in [3.63, 3.8) is 0 Å². The minimum Gasteiger partial charge on any atom is -0.459 e. The number of benzene rings is 1. The molecular formula is C16H20N2O2. The summed E-state index contributed by atoms with van der Waals surface area (Å²) in [5.41, 5.74) is 0.861. The molecule has 4 heteroatoms. The van der Waals surface area contributed by atoms with Crippen molar-refractivity contribution < 1.29 is 9.21 Å². The molecule has 0 radical (unpaired) electrons. The largest absolute Gasteiger partial charge is 0.459 e. The molecule has 0 aliphatic carbocycles. The lowest BCUT2D eigenvalue weighted by molar-refractivity contribution is -0.124. The van der Waals surface area contributed by atoms with Gasteiger partial charge in [0.05, 0.1) is 12.1 Å². The molecule has 0 saturated carbocycles. The molecule has 1 aliphatic rings. The van der Waals surface area contributed by atoms with E-state index < -0.39 is 0 Å². The number of hydrogen-bond acceptors (Lipinski definition) is 3. The second-order valence-electron chi connectivity index (χ2n) is 5.42. The van der Waals surface area contributed by atoms with E-state index in [0.29, 0.717) is 0 Å². The van der Waals surface area contributed by atoms with E-state index in [9.17, 15) is 4.79 Å². The summed E-state index contributed by atoms with van der Waals surface area (Å²) in [5, 5.41) is 7.36. The standard InChI is InChI=1S/C16H20N2O2/c1-11(18-16(19)13-7-4-5-9-17-13)15-10-12-6-2-3-8-14(12)20-15/h2-3,6,8,10-11,13,17H,4-5,7,9H2,1H3,(H,18,19). The van der Waals surface area contributed by atoms with Crippen molar-refractivity contribution in [3.8, 4) is 0 Å². The average Bonchev–Trinajstić information content (AvgIpc) is 2.92. The van der Waals surface area contributed by atoms with Crippen LogP contribution in [0.25, 0.3) is 11.0 Å². The van der Waals surface area contributed by atoms with Crippen molar-refractivity contribution >= 4 is 16.9 Å². The van der Waals surface area contributed by atoms with Crippen LogP contribution in [-0.2, 0) is 4.79 Å². The number of carbonyl (C=O) groups is 1. The van der Waals surface area contributed by atoms with E-state index in [2.05, 4.69) is 10.6 Å². The maximum absolute atomic E-state index is 12.2. The van der Waals surface area contributed by atoms with Gasteiger partial charge < -0.3 is 15.1 Å². The van der Waals surface area contributed by atoms with Crippen molar-refractivity contribution in [3.05, 3.63) is 36.1 Å². The summed E-state index contributed by atoms with van der Waals surface area (Å²) in [4.78, 5) is 12.2. The quantitative estimate of drug-likeness (QED) is 0.903. The Morgan fingerprint density at radius 3 is 3.00 bits per heavy atom. The molecule has 20 heavy (non-hydrogen) atoms. The van der Waals surface area contributed by atoms with E-state index in [1.54, 1.807) is 0 Å². The molecule has 3 rings (SSSR count). The molecule has 1 aliphatic heterocycles. The number of hydrogen-bond donors (Lipinski definition) is 2. The molecule has 0 spiro atoms. The zero-order valence-corrected chi connectivity index (χ0v) is 11.7. The third kappa shape index (κ3) is 2.70. The molecule has 0 bridgehead atoms. The molecule has 1 aromatic carbocycles. The first-order valence-electron chi connectivity index (χ1n) is 7.26. The van der Waals surface area contributed by atoms with Gasteiger partial charge in [-0.1, -0.05) is 24.6 Å². The third-order valence-corrected chi connectivity index (χ3v) is 3.86. The van der Waals surface area contributed by atoms with E-state index in [0.717, 1.165) is 42.5 Å². The number of para-hydroxylation sites is 1. The molecule has 2 N–H and O–H groups in total. The van der Waals surface area contributed by atoms with Crippen molar-refractivity contribution in [2.75, 3.05) is 6.54 Å². The molecule has 106 valence electrons. The van der Waals surface area contributed by atoms with Gasteiger partial charge in [0.1, 0.15) is 11.3 Å². The lowest BCUT2D eigenvalue weighted by Crippen LogP contribution is -2.47. The zero-order valence-electron chi connectivity index (χ0n) is 11.7. The SMILES string of the molecule is CC(NC(=O)C1CCCCN1)c1cc2ccccc2o1. The summed E-state index contributed by atoms with van der Waals surface area (Å²) < 4.78 is 5.78. The topological polar surface area (TPSA) is 54.3 Å². The Hall–Kier alpha value is -1.81. The van der Waals surface area contributed by atoms with Crippen molar-refractivity contribution in [1.82, 2.24) is 10.6 Å². The average molecular weight is 272 g/mol. The minimum atomic E-state index is -0.112. The monoisotopic (exact) mass is 272 g/mol. The number of amides is 1. The highest BCUT2D eigenvalue weighted by Crippen LogP contribution is 2.23. The number of piperidine rings is 1. The minimum absolute atomic E-state index is 0.0596. The molecule has 1 saturated heterocycles. The zero-order chi connectivity index (χ0) is 13.9. The van der Waals surface area contributed by atoms with E-state index in [1.807, 2.05) is 37.3 Å². The van der Waals surface area contributed by atoms with Crippen molar-refractivity contribution in [2.24, 2.45) is 0 Å². The van der Waals surface area contributed by atoms with Gasteiger partial charge in [-0.15, -0.1) is 0 Å². The van der Waals surface area contributed by atoms with Crippen LogP contribution < -0.4 is 10.6 Å². The molecule has 4 nitrogen and oxygen atoms in total. The van der Waals surface area contributed by atoms with Crippen LogP contribution in [0.3, 0.4) is 0 Å². The number of carbonyl (C=O) groups excluding carboxylic acids is 1. The summed E-state index contributed by atoms with van der Waals surface area (Å²) >= 11 is 0. The van der Waals surface area contributed by atoms with Crippen LogP contribution in [0.5, 0.6) is 0 Å². The molecule has 2 unspecified atom stereocenters. The Labute approximate surface area is 118 Å². The van der Waals surface area contributed by atoms with E-state index in [1.165, 1.54) is 0 Å². The Morgan fingerprint density at radius 1 is 1.40 bits per heavy atom. The van der Waals surface area contributed by atoms with Gasteiger partial charge in [-0.25, -0.2) is 0 Å². The highest BCUT2D eigenvalue weighted by molar-refractivity contribution is 5.82. The van der Waals surface area contributed by atoms with Gasteiger partial charge in [0.15, 0.2) is 0 Å². The van der Waals surface area contributed by atoms with Gasteiger partial charge >= 0.3 is 0 Å². The first-order valence-corrected chi connectivity index (χ1v) is 7.26. The van der Waals surface area contributed by atoms with Crippen LogP contribution in [0.15, 0.2) is 34.7 Å². The van der Waals surface area contributed by atoms with E-state index >= 15 is 0 Å². The summed E-state index contributed by atoms with van der Waals surface area (Å²) in [6.07, 6.45) is 3.19. The van der Waals surface area contributed by atoms with E-state index in [4.69, 9.17) is 4.42 Å². The fourth-order valence-electron chi connectivity index (χ4n) is 2.68. The molecule has 2 aromatic rings. The normalized spacial score (nSPS) is 20.8. The van der Waals surface area contributed by atoms with Gasteiger partial charge in [-0.05, 0) is 38.4 Å². The molecule has 1 aromatic heterocycles. The van der Waals surface area contributed by atoms with Crippen LogP contribution in [-0.4, -0.2) is 18.5 Å². The lowest BCUT2D eigenvalue weighted by Gasteiger charge is -2.24. The number of fused-ring (bicyclic) bond motifs is 1. The van der Waals surface area contributed by atoms with Crippen LogP contribution in [0.2, 0.25) is 0 Å². The Balaban J connectivity index is 1.68. The molecule has 1 fully saturated rings. The highest BCUT2D eigenvalue weighted by Gasteiger charge is 2.23. The van der Waals surface area contributed by atoms with Gasteiger partial charge in [0.25, 0.3) is 0 Å². The van der Waals surface area contributed by atoms with E-state index in [-0.39, 0.29) is 18.0 Å². The fraction of sp³-hybridized carbons (Fsp3) is 0.438. The molecule has 2 heterocycles. The Morgan fingerprint density at radius 2 is 2.25 bits per heavy atom. The van der Waals surface area contributed by atoms with Gasteiger partial charge in [-0.3, -0.25) is 4.79 Å². The summed E-state index contributed by atoms with van der Waals surface area (Å²) in [6, 6.07) is 9.71. The van der Waals surface area contributed by atoms with Gasteiger partial charge in [0, 0.05) is 5.39 Å². The smallest absolute Gasteiger partial charge is 0.237 e. The summed E-state index contributed by atoms with van der Waals surface area (Å²) in [7, 11) is 0. The summed E-state index contributed by atoms with van der Waals surface area (Å²) in [6.45, 7) is 2.88. The highest BCUT2D eigenvalue weighted by atomic mass is 16.3. The second kappa shape index (κ2) is 5.67. The van der Waals surface area contributed by atoms with Crippen LogP contribution in [0.1, 0.15) is 38.0 Å². The first-order chi connectivity index (χ1) is 9.74. The van der Waals surface area contributed by atoms with Gasteiger partial charge in [-0.2, -0.15) is 0 Å². The predicted molar refractivity (Wildman–Crippen MR) is 78.4 cm³/mol.